The molecule has 4 aliphatic carbocycles. The Kier molecular flexibility index (Phi) is 7.98. The Hall–Kier alpha value is -1.64. The standard InChI is InChI=1S/C37H56O12/c1-18(38)46-26-16-34(7)19-9-10-22-32(4,5)24(47-29-28(42)27(41)21(39)17-45-29)12-14-33(22,6)20(19)15-23(40)36(34)30(43)49-35(8,37(26,36)44)25-11-13-31(2,3)48-25/h15,19,21-29,39-42,44H,9-14,16-17H2,1-8H3. The van der Waals surface area contributed by atoms with Gasteiger partial charge in [0, 0.05) is 6.92 Å². The van der Waals surface area contributed by atoms with E-state index in [1.807, 2.05) is 20.8 Å². The number of hydrogen-bond donors (Lipinski definition) is 5. The van der Waals surface area contributed by atoms with Gasteiger partial charge in [-0.15, -0.1) is 0 Å². The number of rotatable bonds is 4. The molecular formula is C37H56O12. The van der Waals surface area contributed by atoms with E-state index in [9.17, 15) is 35.1 Å². The zero-order chi connectivity index (χ0) is 35.9. The van der Waals surface area contributed by atoms with Crippen LogP contribution >= 0.6 is 0 Å². The largest absolute Gasteiger partial charge is 0.459 e. The molecule has 0 bridgehead atoms. The number of carbonyl (C=O) groups is 2. The average Bonchev–Trinajstić information content (AvgIpc) is 3.54. The van der Waals surface area contributed by atoms with E-state index >= 15 is 0 Å². The first-order valence-corrected chi connectivity index (χ1v) is 18.1. The molecule has 0 amide bonds. The number of ether oxygens (including phenoxy) is 5. The SMILES string of the molecule is CC(=O)OC1CC2(C)C3CCC4C(C)(CCC(OC5OCC(O)C(O)C5O)C4(C)C)C3=CC(O)C23C(=O)OC(C)(C2CCC(C)(C)O2)C13O. The molecule has 3 saturated heterocycles. The number of aliphatic hydroxyl groups is 5. The van der Waals surface area contributed by atoms with Crippen LogP contribution in [0.3, 0.4) is 0 Å². The number of esters is 2. The minimum absolute atomic E-state index is 0.0711. The van der Waals surface area contributed by atoms with Gasteiger partial charge >= 0.3 is 11.9 Å². The monoisotopic (exact) mass is 692 g/mol. The fraction of sp³-hybridized carbons (Fsp3) is 0.892. The Labute approximate surface area is 288 Å². The van der Waals surface area contributed by atoms with Gasteiger partial charge in [-0.2, -0.15) is 0 Å². The number of carbonyl (C=O) groups excluding carboxylic acids is 2. The van der Waals surface area contributed by atoms with E-state index in [1.165, 1.54) is 6.92 Å². The van der Waals surface area contributed by atoms with Crippen molar-refractivity contribution in [3.8, 4) is 0 Å². The lowest BCUT2D eigenvalue weighted by atomic mass is 9.40. The summed E-state index contributed by atoms with van der Waals surface area (Å²) in [6, 6.07) is 0. The second kappa shape index (κ2) is 10.9. The van der Waals surface area contributed by atoms with Crippen molar-refractivity contribution in [1.29, 1.82) is 0 Å². The third-order valence-corrected chi connectivity index (χ3v) is 14.9. The van der Waals surface area contributed by atoms with Crippen molar-refractivity contribution in [2.24, 2.45) is 33.5 Å². The number of hydrogen-bond acceptors (Lipinski definition) is 12. The third-order valence-electron chi connectivity index (χ3n) is 14.9. The minimum atomic E-state index is -2.08. The summed E-state index contributed by atoms with van der Waals surface area (Å²) in [5, 5.41) is 56.5. The molecule has 6 fully saturated rings. The van der Waals surface area contributed by atoms with Crippen LogP contribution in [0.5, 0.6) is 0 Å². The van der Waals surface area contributed by atoms with Crippen molar-refractivity contribution in [3.05, 3.63) is 11.6 Å². The van der Waals surface area contributed by atoms with Gasteiger partial charge in [0.25, 0.3) is 0 Å². The van der Waals surface area contributed by atoms with Gasteiger partial charge in [-0.05, 0) is 93.8 Å². The minimum Gasteiger partial charge on any atom is -0.459 e. The highest BCUT2D eigenvalue weighted by atomic mass is 16.7. The van der Waals surface area contributed by atoms with Gasteiger partial charge < -0.3 is 49.2 Å². The number of fused-ring (bicyclic) bond motifs is 4. The Bertz CT molecular complexity index is 1430. The molecule has 3 heterocycles. The Morgan fingerprint density at radius 2 is 1.61 bits per heavy atom. The topological polar surface area (TPSA) is 181 Å². The Morgan fingerprint density at radius 1 is 0.918 bits per heavy atom. The van der Waals surface area contributed by atoms with Gasteiger partial charge in [-0.3, -0.25) is 9.59 Å². The first kappa shape index (κ1) is 35.7. The molecule has 7 aliphatic rings. The highest BCUT2D eigenvalue weighted by molar-refractivity contribution is 5.87. The van der Waals surface area contributed by atoms with Gasteiger partial charge in [-0.1, -0.05) is 39.3 Å². The van der Waals surface area contributed by atoms with Crippen molar-refractivity contribution in [2.45, 2.75) is 166 Å². The van der Waals surface area contributed by atoms with E-state index in [-0.39, 0.29) is 31.0 Å². The molecule has 276 valence electrons. The summed E-state index contributed by atoms with van der Waals surface area (Å²) in [5.41, 5.74) is -6.82. The second-order valence-corrected chi connectivity index (χ2v) is 18.1. The van der Waals surface area contributed by atoms with E-state index in [2.05, 4.69) is 20.8 Å². The van der Waals surface area contributed by atoms with E-state index in [0.717, 1.165) is 12.0 Å². The van der Waals surface area contributed by atoms with Gasteiger partial charge in [0.05, 0.1) is 24.4 Å². The number of allylic oxidation sites excluding steroid dienone is 1. The summed E-state index contributed by atoms with van der Waals surface area (Å²) >= 11 is 0. The van der Waals surface area contributed by atoms with Gasteiger partial charge in [0.15, 0.2) is 17.5 Å². The molecule has 12 heteroatoms. The van der Waals surface area contributed by atoms with E-state index in [4.69, 9.17) is 23.7 Å². The summed E-state index contributed by atoms with van der Waals surface area (Å²) in [4.78, 5) is 27.2. The van der Waals surface area contributed by atoms with E-state index in [1.54, 1.807) is 13.0 Å². The summed E-state index contributed by atoms with van der Waals surface area (Å²) in [7, 11) is 0. The fourth-order valence-electron chi connectivity index (χ4n) is 12.5. The smallest absolute Gasteiger partial charge is 0.319 e. The highest BCUT2D eigenvalue weighted by Crippen LogP contribution is 2.78. The van der Waals surface area contributed by atoms with Gasteiger partial charge in [-0.25, -0.2) is 0 Å². The molecule has 0 aromatic heterocycles. The molecular weight excluding hydrogens is 636 g/mol. The molecule has 1 spiro atoms. The van der Waals surface area contributed by atoms with Crippen LogP contribution < -0.4 is 0 Å². The van der Waals surface area contributed by atoms with Crippen LogP contribution in [0.15, 0.2) is 11.6 Å². The molecule has 7 rings (SSSR count). The van der Waals surface area contributed by atoms with Crippen molar-refractivity contribution >= 4 is 11.9 Å². The van der Waals surface area contributed by atoms with Crippen LogP contribution in [-0.2, 0) is 33.3 Å². The lowest BCUT2D eigenvalue weighted by Gasteiger charge is -2.64. The summed E-state index contributed by atoms with van der Waals surface area (Å²) in [5.74, 6) is -1.43. The molecule has 3 aliphatic heterocycles. The quantitative estimate of drug-likeness (QED) is 0.165. The first-order valence-electron chi connectivity index (χ1n) is 18.1. The predicted molar refractivity (Wildman–Crippen MR) is 172 cm³/mol. The lowest BCUT2D eigenvalue weighted by molar-refractivity contribution is -0.302. The zero-order valence-electron chi connectivity index (χ0n) is 30.1. The summed E-state index contributed by atoms with van der Waals surface area (Å²) in [6.07, 6.45) is -2.70. The maximum absolute atomic E-state index is 14.6. The highest BCUT2D eigenvalue weighted by Gasteiger charge is 2.90. The fourth-order valence-corrected chi connectivity index (χ4v) is 12.5. The van der Waals surface area contributed by atoms with Crippen LogP contribution in [0.25, 0.3) is 0 Å². The molecule has 3 saturated carbocycles. The summed E-state index contributed by atoms with van der Waals surface area (Å²) < 4.78 is 30.6. The van der Waals surface area contributed by atoms with Crippen molar-refractivity contribution in [2.75, 3.05) is 6.61 Å². The lowest BCUT2D eigenvalue weighted by Crippen LogP contribution is -2.72. The normalized spacial score (nSPS) is 54.2. The third kappa shape index (κ3) is 4.38. The molecule has 0 aromatic carbocycles. The van der Waals surface area contributed by atoms with Crippen molar-refractivity contribution < 1.29 is 58.8 Å². The van der Waals surface area contributed by atoms with Crippen LogP contribution in [0, 0.1) is 33.5 Å². The maximum Gasteiger partial charge on any atom is 0.319 e. The van der Waals surface area contributed by atoms with Gasteiger partial charge in [0.2, 0.25) is 0 Å². The number of cyclic esters (lactones) is 1. The maximum atomic E-state index is 14.6. The second-order valence-electron chi connectivity index (χ2n) is 18.1. The van der Waals surface area contributed by atoms with Crippen LogP contribution in [-0.4, -0.2) is 110 Å². The molecule has 5 N–H and O–H groups in total. The van der Waals surface area contributed by atoms with Crippen LogP contribution in [0.1, 0.15) is 100 Å². The van der Waals surface area contributed by atoms with E-state index in [0.29, 0.717) is 32.1 Å². The molecule has 15 atom stereocenters. The van der Waals surface area contributed by atoms with Gasteiger partial charge in [0.1, 0.15) is 35.9 Å². The average molecular weight is 693 g/mol. The van der Waals surface area contributed by atoms with Crippen LogP contribution in [0.2, 0.25) is 0 Å². The predicted octanol–water partition coefficient (Wildman–Crippen LogP) is 2.30. The molecule has 12 nitrogen and oxygen atoms in total. The number of aliphatic hydroxyl groups excluding tert-OH is 4. The molecule has 0 radical (unpaired) electrons. The molecule has 15 unspecified atom stereocenters. The molecule has 49 heavy (non-hydrogen) atoms. The molecule has 0 aromatic rings. The zero-order valence-corrected chi connectivity index (χ0v) is 30.1. The van der Waals surface area contributed by atoms with Crippen LogP contribution in [0.4, 0.5) is 0 Å². The Balaban J connectivity index is 1.27. The van der Waals surface area contributed by atoms with Crippen molar-refractivity contribution in [3.63, 3.8) is 0 Å². The first-order chi connectivity index (χ1) is 22.6. The van der Waals surface area contributed by atoms with Crippen molar-refractivity contribution in [1.82, 2.24) is 0 Å². The van der Waals surface area contributed by atoms with E-state index < -0.39 is 93.3 Å². The Morgan fingerprint density at radius 3 is 2.24 bits per heavy atom. The summed E-state index contributed by atoms with van der Waals surface area (Å²) in [6.45, 7) is 15.2.